The number of hydrogen-bond donors (Lipinski definition) is 2. The highest BCUT2D eigenvalue weighted by Crippen LogP contribution is 2.16. The lowest BCUT2D eigenvalue weighted by atomic mass is 10.0. The molecular formula is C24H28N2O5. The van der Waals surface area contributed by atoms with Gasteiger partial charge in [0.1, 0.15) is 31.0 Å². The Kier molecular flexibility index (Phi) is 7.78. The molecule has 31 heavy (non-hydrogen) atoms. The van der Waals surface area contributed by atoms with Crippen LogP contribution in [0.2, 0.25) is 0 Å². The van der Waals surface area contributed by atoms with Crippen molar-refractivity contribution in [2.24, 2.45) is 5.92 Å². The predicted octanol–water partition coefficient (Wildman–Crippen LogP) is 2.49. The highest BCUT2D eigenvalue weighted by atomic mass is 16.5. The first-order valence-corrected chi connectivity index (χ1v) is 10.4. The van der Waals surface area contributed by atoms with E-state index in [2.05, 4.69) is 10.6 Å². The molecule has 164 valence electrons. The van der Waals surface area contributed by atoms with Crippen molar-refractivity contribution in [2.45, 2.75) is 39.0 Å². The SMILES string of the molecule is CC(C)C[C@H](NC(=O)c1cccc(OCc2ccccc2)c1)C(=O)NC1COCC1=O. The summed E-state index contributed by atoms with van der Waals surface area (Å²) in [5.74, 6) is -0.184. The van der Waals surface area contributed by atoms with Crippen LogP contribution in [0.25, 0.3) is 0 Å². The maximum absolute atomic E-state index is 12.8. The molecule has 1 fully saturated rings. The Labute approximate surface area is 182 Å². The Morgan fingerprint density at radius 3 is 2.58 bits per heavy atom. The molecule has 0 aromatic heterocycles. The van der Waals surface area contributed by atoms with Crippen LogP contribution in [0, 0.1) is 5.92 Å². The number of hydrogen-bond acceptors (Lipinski definition) is 5. The van der Waals surface area contributed by atoms with Crippen molar-refractivity contribution in [3.8, 4) is 5.75 Å². The van der Waals surface area contributed by atoms with Crippen LogP contribution in [0.1, 0.15) is 36.2 Å². The maximum atomic E-state index is 12.8. The van der Waals surface area contributed by atoms with Gasteiger partial charge in [0.15, 0.2) is 5.78 Å². The van der Waals surface area contributed by atoms with Crippen LogP contribution in [-0.4, -0.2) is 42.9 Å². The predicted molar refractivity (Wildman–Crippen MR) is 116 cm³/mol. The first-order chi connectivity index (χ1) is 14.9. The summed E-state index contributed by atoms with van der Waals surface area (Å²) in [6.45, 7) is 4.49. The minimum absolute atomic E-state index is 0.00191. The number of amides is 2. The van der Waals surface area contributed by atoms with Gasteiger partial charge in [-0.05, 0) is 36.1 Å². The molecule has 2 aromatic carbocycles. The third-order valence-corrected chi connectivity index (χ3v) is 4.91. The van der Waals surface area contributed by atoms with E-state index >= 15 is 0 Å². The number of benzene rings is 2. The summed E-state index contributed by atoms with van der Waals surface area (Å²) in [6, 6.07) is 15.2. The number of carbonyl (C=O) groups excluding carboxylic acids is 3. The zero-order chi connectivity index (χ0) is 22.2. The second-order valence-electron chi connectivity index (χ2n) is 8.00. The van der Waals surface area contributed by atoms with Gasteiger partial charge in [-0.1, -0.05) is 50.2 Å². The van der Waals surface area contributed by atoms with Crippen molar-refractivity contribution < 1.29 is 23.9 Å². The number of nitrogens with one attached hydrogen (secondary N) is 2. The van der Waals surface area contributed by atoms with Gasteiger partial charge in [0, 0.05) is 5.56 Å². The Morgan fingerprint density at radius 2 is 1.90 bits per heavy atom. The van der Waals surface area contributed by atoms with Gasteiger partial charge in [-0.2, -0.15) is 0 Å². The Hall–Kier alpha value is -3.19. The van der Waals surface area contributed by atoms with Crippen molar-refractivity contribution >= 4 is 17.6 Å². The van der Waals surface area contributed by atoms with Crippen molar-refractivity contribution in [3.63, 3.8) is 0 Å². The zero-order valence-electron chi connectivity index (χ0n) is 17.8. The van der Waals surface area contributed by atoms with Gasteiger partial charge in [-0.3, -0.25) is 14.4 Å². The fraction of sp³-hybridized carbons (Fsp3) is 0.375. The molecule has 0 radical (unpaired) electrons. The summed E-state index contributed by atoms with van der Waals surface area (Å²) in [4.78, 5) is 37.3. The summed E-state index contributed by atoms with van der Waals surface area (Å²) in [6.07, 6.45) is 0.448. The van der Waals surface area contributed by atoms with Crippen molar-refractivity contribution in [2.75, 3.05) is 13.2 Å². The second-order valence-corrected chi connectivity index (χ2v) is 8.00. The summed E-state index contributed by atoms with van der Waals surface area (Å²) in [5.41, 5.74) is 1.42. The quantitative estimate of drug-likeness (QED) is 0.645. The first kappa shape index (κ1) is 22.5. The fourth-order valence-electron chi connectivity index (χ4n) is 3.28. The normalized spacial score (nSPS) is 16.7. The van der Waals surface area contributed by atoms with E-state index in [-0.39, 0.29) is 36.7 Å². The largest absolute Gasteiger partial charge is 0.489 e. The summed E-state index contributed by atoms with van der Waals surface area (Å²) in [5, 5.41) is 5.48. The first-order valence-electron chi connectivity index (χ1n) is 10.4. The van der Waals surface area contributed by atoms with Crippen LogP contribution in [0.15, 0.2) is 54.6 Å². The average Bonchev–Trinajstić information content (AvgIpc) is 3.16. The fourth-order valence-corrected chi connectivity index (χ4v) is 3.28. The summed E-state index contributed by atoms with van der Waals surface area (Å²) >= 11 is 0. The topological polar surface area (TPSA) is 93.7 Å². The summed E-state index contributed by atoms with van der Waals surface area (Å²) < 4.78 is 10.9. The van der Waals surface area contributed by atoms with E-state index in [4.69, 9.17) is 9.47 Å². The van der Waals surface area contributed by atoms with Crippen LogP contribution in [0.3, 0.4) is 0 Å². The van der Waals surface area contributed by atoms with Gasteiger partial charge in [0.2, 0.25) is 5.91 Å². The third kappa shape index (κ3) is 6.65. The lowest BCUT2D eigenvalue weighted by molar-refractivity contribution is -0.127. The Balaban J connectivity index is 1.63. The molecule has 1 heterocycles. The number of ketones is 1. The lowest BCUT2D eigenvalue weighted by Gasteiger charge is -2.22. The summed E-state index contributed by atoms with van der Waals surface area (Å²) in [7, 11) is 0. The molecule has 7 heteroatoms. The van der Waals surface area contributed by atoms with Crippen LogP contribution in [0.5, 0.6) is 5.75 Å². The van der Waals surface area contributed by atoms with Gasteiger partial charge in [0.25, 0.3) is 5.91 Å². The number of ether oxygens (including phenoxy) is 2. The molecule has 0 saturated carbocycles. The zero-order valence-corrected chi connectivity index (χ0v) is 17.8. The maximum Gasteiger partial charge on any atom is 0.252 e. The van der Waals surface area contributed by atoms with Crippen molar-refractivity contribution in [1.29, 1.82) is 0 Å². The molecule has 1 aliphatic rings. The molecule has 3 rings (SSSR count). The minimum atomic E-state index is -0.755. The second kappa shape index (κ2) is 10.7. The van der Waals surface area contributed by atoms with Gasteiger partial charge in [-0.25, -0.2) is 0 Å². The van der Waals surface area contributed by atoms with Gasteiger partial charge in [0.05, 0.1) is 6.61 Å². The molecule has 7 nitrogen and oxygen atoms in total. The minimum Gasteiger partial charge on any atom is -0.489 e. The molecule has 2 atom stereocenters. The van der Waals surface area contributed by atoms with Gasteiger partial charge < -0.3 is 20.1 Å². The number of rotatable bonds is 9. The molecular weight excluding hydrogens is 396 g/mol. The highest BCUT2D eigenvalue weighted by molar-refractivity contribution is 5.99. The molecule has 1 saturated heterocycles. The van der Waals surface area contributed by atoms with E-state index in [1.165, 1.54) is 0 Å². The van der Waals surface area contributed by atoms with E-state index in [1.54, 1.807) is 24.3 Å². The monoisotopic (exact) mass is 424 g/mol. The standard InChI is InChI=1S/C24H28N2O5/c1-16(2)11-20(24(29)26-21-14-30-15-22(21)27)25-23(28)18-9-6-10-19(12-18)31-13-17-7-4-3-5-8-17/h3-10,12,16,20-21H,11,13-15H2,1-2H3,(H,25,28)(H,26,29)/t20-,21?/m0/s1. The molecule has 0 bridgehead atoms. The van der Waals surface area contributed by atoms with Crippen LogP contribution in [0.4, 0.5) is 0 Å². The van der Waals surface area contributed by atoms with E-state index in [0.29, 0.717) is 24.3 Å². The third-order valence-electron chi connectivity index (χ3n) is 4.91. The average molecular weight is 424 g/mol. The Bertz CT molecular complexity index is 913. The molecule has 2 aromatic rings. The highest BCUT2D eigenvalue weighted by Gasteiger charge is 2.30. The number of Topliss-reactive ketones (excluding diaryl/α,β-unsaturated/α-hetero) is 1. The molecule has 2 amide bonds. The van der Waals surface area contributed by atoms with E-state index in [9.17, 15) is 14.4 Å². The van der Waals surface area contributed by atoms with Crippen molar-refractivity contribution in [1.82, 2.24) is 10.6 Å². The molecule has 1 unspecified atom stereocenters. The van der Waals surface area contributed by atoms with E-state index in [1.807, 2.05) is 44.2 Å². The van der Waals surface area contributed by atoms with Crippen molar-refractivity contribution in [3.05, 3.63) is 65.7 Å². The van der Waals surface area contributed by atoms with Crippen LogP contribution < -0.4 is 15.4 Å². The van der Waals surface area contributed by atoms with Crippen LogP contribution in [-0.2, 0) is 20.9 Å². The lowest BCUT2D eigenvalue weighted by Crippen LogP contribution is -2.52. The van der Waals surface area contributed by atoms with E-state index < -0.39 is 12.1 Å². The smallest absolute Gasteiger partial charge is 0.252 e. The molecule has 0 aliphatic carbocycles. The Morgan fingerprint density at radius 1 is 1.13 bits per heavy atom. The van der Waals surface area contributed by atoms with E-state index in [0.717, 1.165) is 5.56 Å². The van der Waals surface area contributed by atoms with Crippen LogP contribution >= 0.6 is 0 Å². The molecule has 1 aliphatic heterocycles. The number of carbonyl (C=O) groups is 3. The molecule has 2 N–H and O–H groups in total. The van der Waals surface area contributed by atoms with Gasteiger partial charge >= 0.3 is 0 Å². The van der Waals surface area contributed by atoms with Gasteiger partial charge in [-0.15, -0.1) is 0 Å². The molecule has 0 spiro atoms.